The normalized spacial score (nSPS) is 21.6. The first-order valence-electron chi connectivity index (χ1n) is 9.26. The van der Waals surface area contributed by atoms with E-state index in [2.05, 4.69) is 11.9 Å². The van der Waals surface area contributed by atoms with Gasteiger partial charge in [0.1, 0.15) is 22.4 Å². The Morgan fingerprint density at radius 2 is 2.04 bits per heavy atom. The zero-order chi connectivity index (χ0) is 20.7. The summed E-state index contributed by atoms with van der Waals surface area (Å²) in [5.74, 6) is 0.144. The van der Waals surface area contributed by atoms with Gasteiger partial charge in [-0.2, -0.15) is 0 Å². The molecule has 0 aliphatic carbocycles. The Balaban J connectivity index is 2.37. The van der Waals surface area contributed by atoms with Crippen LogP contribution in [0.1, 0.15) is 31.7 Å². The molecule has 1 aliphatic heterocycles. The minimum Gasteiger partial charge on any atom is -0.497 e. The van der Waals surface area contributed by atoms with Crippen molar-refractivity contribution >= 4 is 28.6 Å². The summed E-state index contributed by atoms with van der Waals surface area (Å²) in [5, 5.41) is 0.471. The van der Waals surface area contributed by atoms with Gasteiger partial charge in [0.15, 0.2) is 0 Å². The highest BCUT2D eigenvalue weighted by Gasteiger charge is 2.45. The van der Waals surface area contributed by atoms with Gasteiger partial charge in [0.25, 0.3) is 5.91 Å². The minimum atomic E-state index is -1.34. The van der Waals surface area contributed by atoms with Crippen LogP contribution in [0.15, 0.2) is 40.9 Å². The fraction of sp³-hybridized carbons (Fsp3) is 0.450. The lowest BCUT2D eigenvalue weighted by Gasteiger charge is -2.35. The van der Waals surface area contributed by atoms with E-state index in [9.17, 15) is 9.59 Å². The quantitative estimate of drug-likeness (QED) is 0.539. The van der Waals surface area contributed by atoms with Gasteiger partial charge in [-0.15, -0.1) is 11.8 Å². The number of unbranched alkanes of at least 4 members (excludes halogenated alkanes) is 2. The van der Waals surface area contributed by atoms with Gasteiger partial charge in [0.2, 0.25) is 5.91 Å². The molecule has 1 aromatic carbocycles. The van der Waals surface area contributed by atoms with E-state index in [1.165, 1.54) is 17.8 Å². The summed E-state index contributed by atoms with van der Waals surface area (Å²) in [6.07, 6.45) is 3.96. The number of dihydropyridines is 1. The Kier molecular flexibility index (Phi) is 7.65. The van der Waals surface area contributed by atoms with Gasteiger partial charge in [-0.3, -0.25) is 14.6 Å². The van der Waals surface area contributed by atoms with E-state index in [1.807, 2.05) is 12.1 Å². The van der Waals surface area contributed by atoms with Crippen molar-refractivity contribution in [2.24, 2.45) is 27.6 Å². The predicted molar refractivity (Wildman–Crippen MR) is 113 cm³/mol. The van der Waals surface area contributed by atoms with E-state index < -0.39 is 23.4 Å². The number of carbonyl (C=O) groups excluding carboxylic acids is 2. The molecule has 2 unspecified atom stereocenters. The fourth-order valence-electron chi connectivity index (χ4n) is 3.11. The molecule has 0 fully saturated rings. The Hall–Kier alpha value is -2.32. The van der Waals surface area contributed by atoms with E-state index in [4.69, 9.17) is 21.9 Å². The first-order chi connectivity index (χ1) is 13.3. The second-order valence-electron chi connectivity index (χ2n) is 6.79. The molecule has 2 amide bonds. The molecule has 8 heteroatoms. The summed E-state index contributed by atoms with van der Waals surface area (Å²) in [7, 11) is 1.56. The Morgan fingerprint density at radius 3 is 2.64 bits per heavy atom. The number of rotatable bonds is 9. The van der Waals surface area contributed by atoms with E-state index >= 15 is 0 Å². The van der Waals surface area contributed by atoms with Crippen molar-refractivity contribution in [3.05, 3.63) is 41.5 Å². The fourth-order valence-corrected chi connectivity index (χ4v) is 4.15. The van der Waals surface area contributed by atoms with Gasteiger partial charge in [-0.25, -0.2) is 0 Å². The lowest BCUT2D eigenvalue weighted by atomic mass is 9.75. The molecule has 1 aromatic rings. The minimum absolute atomic E-state index is 0.189. The number of aliphatic imine (C=N–C) groups is 1. The molecule has 1 aliphatic rings. The third-order valence-corrected chi connectivity index (χ3v) is 5.85. The van der Waals surface area contributed by atoms with Crippen LogP contribution < -0.4 is 21.9 Å². The standard InChI is InChI=1S/C20H28N4O3S/c1-3-4-5-9-28-17-15(16(21)25)12-20(19(23)26,18(22)24-17)11-13-7-6-8-14(10-13)27-2/h6-8,10,12,18H,3-5,9,11,22H2,1-2H3,(H2,21,25)(H2,23,26). The van der Waals surface area contributed by atoms with Crippen LogP contribution >= 0.6 is 11.8 Å². The Labute approximate surface area is 169 Å². The SMILES string of the molecule is CCCCCSC1=NC(N)C(Cc2cccc(OC)c2)(C(N)=O)C=C1C(N)=O. The van der Waals surface area contributed by atoms with E-state index in [1.54, 1.807) is 19.2 Å². The van der Waals surface area contributed by atoms with Crippen LogP contribution in [0, 0.1) is 5.41 Å². The Morgan fingerprint density at radius 1 is 1.29 bits per heavy atom. The average molecular weight is 405 g/mol. The van der Waals surface area contributed by atoms with Crippen LogP contribution in [-0.2, 0) is 16.0 Å². The van der Waals surface area contributed by atoms with E-state index in [0.29, 0.717) is 10.8 Å². The summed E-state index contributed by atoms with van der Waals surface area (Å²) in [4.78, 5) is 29.0. The van der Waals surface area contributed by atoms with Crippen LogP contribution in [-0.4, -0.2) is 35.9 Å². The maximum atomic E-state index is 12.5. The van der Waals surface area contributed by atoms with Crippen molar-refractivity contribution in [1.29, 1.82) is 0 Å². The van der Waals surface area contributed by atoms with Crippen LogP contribution in [0.5, 0.6) is 5.75 Å². The maximum absolute atomic E-state index is 12.5. The molecule has 0 radical (unpaired) electrons. The van der Waals surface area contributed by atoms with Gasteiger partial charge in [-0.1, -0.05) is 31.9 Å². The maximum Gasteiger partial charge on any atom is 0.251 e. The molecule has 6 N–H and O–H groups in total. The van der Waals surface area contributed by atoms with Crippen LogP contribution in [0.3, 0.4) is 0 Å². The summed E-state index contributed by atoms with van der Waals surface area (Å²) in [6.45, 7) is 2.12. The highest BCUT2D eigenvalue weighted by atomic mass is 32.2. The molecule has 0 aromatic heterocycles. The van der Waals surface area contributed by atoms with Gasteiger partial charge in [0, 0.05) is 0 Å². The molecule has 152 valence electrons. The largest absolute Gasteiger partial charge is 0.497 e. The number of nitrogens with zero attached hydrogens (tertiary/aromatic N) is 1. The molecule has 0 saturated heterocycles. The number of nitrogens with two attached hydrogens (primary N) is 3. The van der Waals surface area contributed by atoms with Gasteiger partial charge >= 0.3 is 0 Å². The number of primary amides is 2. The van der Waals surface area contributed by atoms with Crippen molar-refractivity contribution in [2.75, 3.05) is 12.9 Å². The van der Waals surface area contributed by atoms with Gasteiger partial charge in [0.05, 0.1) is 12.7 Å². The van der Waals surface area contributed by atoms with E-state index in [0.717, 1.165) is 30.6 Å². The van der Waals surface area contributed by atoms with E-state index in [-0.39, 0.29) is 12.0 Å². The topological polar surface area (TPSA) is 134 Å². The van der Waals surface area contributed by atoms with Crippen molar-refractivity contribution in [1.82, 2.24) is 0 Å². The molecule has 1 heterocycles. The lowest BCUT2D eigenvalue weighted by Crippen LogP contribution is -2.53. The third-order valence-electron chi connectivity index (χ3n) is 4.76. The Bertz CT molecular complexity index is 793. The zero-order valence-corrected chi connectivity index (χ0v) is 17.1. The van der Waals surface area contributed by atoms with Crippen molar-refractivity contribution in [2.45, 2.75) is 38.8 Å². The molecule has 0 bridgehead atoms. The first kappa shape index (κ1) is 22.0. The molecule has 28 heavy (non-hydrogen) atoms. The van der Waals surface area contributed by atoms with Gasteiger partial charge in [-0.05, 0) is 42.4 Å². The molecular weight excluding hydrogens is 376 g/mol. The summed E-state index contributed by atoms with van der Waals surface area (Å²) in [6, 6.07) is 7.26. The predicted octanol–water partition coefficient (Wildman–Crippen LogP) is 1.74. The molecule has 0 spiro atoms. The van der Waals surface area contributed by atoms with Crippen molar-refractivity contribution in [3.63, 3.8) is 0 Å². The summed E-state index contributed by atoms with van der Waals surface area (Å²) in [5.41, 5.74) is 17.3. The number of carbonyl (C=O) groups is 2. The molecule has 2 atom stereocenters. The smallest absolute Gasteiger partial charge is 0.251 e. The van der Waals surface area contributed by atoms with Crippen molar-refractivity contribution < 1.29 is 14.3 Å². The van der Waals surface area contributed by atoms with Gasteiger partial charge < -0.3 is 21.9 Å². The van der Waals surface area contributed by atoms with Crippen molar-refractivity contribution in [3.8, 4) is 5.75 Å². The third kappa shape index (κ3) is 4.94. The second kappa shape index (κ2) is 9.75. The number of benzene rings is 1. The number of thioether (sulfide) groups is 1. The number of ether oxygens (including phenoxy) is 1. The monoisotopic (exact) mass is 404 g/mol. The summed E-state index contributed by atoms with van der Waals surface area (Å²) >= 11 is 1.43. The highest BCUT2D eigenvalue weighted by Crippen LogP contribution is 2.36. The lowest BCUT2D eigenvalue weighted by molar-refractivity contribution is -0.126. The molecule has 2 rings (SSSR count). The summed E-state index contributed by atoms with van der Waals surface area (Å²) < 4.78 is 5.24. The number of hydrogen-bond donors (Lipinski definition) is 3. The molecular formula is C20H28N4O3S. The van der Waals surface area contributed by atoms with Crippen LogP contribution in [0.2, 0.25) is 0 Å². The zero-order valence-electron chi connectivity index (χ0n) is 16.3. The van der Waals surface area contributed by atoms with Crippen LogP contribution in [0.4, 0.5) is 0 Å². The number of amides is 2. The second-order valence-corrected chi connectivity index (χ2v) is 7.87. The number of methoxy groups -OCH3 is 1. The average Bonchev–Trinajstić information content (AvgIpc) is 2.66. The number of hydrogen-bond acceptors (Lipinski definition) is 6. The molecule has 0 saturated carbocycles. The highest BCUT2D eigenvalue weighted by molar-refractivity contribution is 8.14. The molecule has 7 nitrogen and oxygen atoms in total. The first-order valence-corrected chi connectivity index (χ1v) is 10.2. The van der Waals surface area contributed by atoms with Crippen LogP contribution in [0.25, 0.3) is 0 Å².